The van der Waals surface area contributed by atoms with Gasteiger partial charge in [-0.3, -0.25) is 9.59 Å². The standard InChI is InChI=1S/C15H18F2N2O3/c1-13(11(18)20,10-6-3-2-4-7-10)19-12(21)15(16,17)14(22)8-5-9-14/h2-4,6-7,22H,5,8-9H2,1H3,(H2,18,20)(H,19,21). The summed E-state index contributed by atoms with van der Waals surface area (Å²) in [6.45, 7) is 1.25. The minimum atomic E-state index is -3.99. The number of aliphatic hydroxyl groups is 1. The summed E-state index contributed by atoms with van der Waals surface area (Å²) in [6, 6.07) is 7.88. The number of halogens is 2. The molecule has 22 heavy (non-hydrogen) atoms. The molecule has 0 bridgehead atoms. The molecule has 4 N–H and O–H groups in total. The summed E-state index contributed by atoms with van der Waals surface area (Å²) < 4.78 is 28.3. The molecule has 0 radical (unpaired) electrons. The van der Waals surface area contributed by atoms with Gasteiger partial charge in [-0.25, -0.2) is 0 Å². The average Bonchev–Trinajstić information content (AvgIpc) is 2.45. The lowest BCUT2D eigenvalue weighted by Gasteiger charge is -2.42. The molecule has 1 unspecified atom stereocenters. The van der Waals surface area contributed by atoms with Gasteiger partial charge in [0, 0.05) is 0 Å². The highest BCUT2D eigenvalue weighted by molar-refractivity contribution is 5.94. The van der Waals surface area contributed by atoms with Crippen LogP contribution >= 0.6 is 0 Å². The Labute approximate surface area is 126 Å². The highest BCUT2D eigenvalue weighted by Gasteiger charge is 2.62. The predicted octanol–water partition coefficient (Wildman–Crippen LogP) is 1.05. The maximum Gasteiger partial charge on any atom is 0.352 e. The fourth-order valence-corrected chi connectivity index (χ4v) is 2.39. The highest BCUT2D eigenvalue weighted by atomic mass is 19.3. The van der Waals surface area contributed by atoms with Crippen LogP contribution in [0.15, 0.2) is 30.3 Å². The second-order valence-corrected chi connectivity index (χ2v) is 5.77. The minimum absolute atomic E-state index is 0.161. The maximum atomic E-state index is 14.1. The molecule has 1 aromatic carbocycles. The molecule has 0 aliphatic heterocycles. The van der Waals surface area contributed by atoms with Crippen molar-refractivity contribution < 1.29 is 23.5 Å². The second-order valence-electron chi connectivity index (χ2n) is 5.77. The third kappa shape index (κ3) is 2.45. The number of benzene rings is 1. The minimum Gasteiger partial charge on any atom is -0.383 e. The van der Waals surface area contributed by atoms with Crippen molar-refractivity contribution in [2.24, 2.45) is 5.73 Å². The molecular weight excluding hydrogens is 294 g/mol. The molecule has 2 amide bonds. The van der Waals surface area contributed by atoms with Gasteiger partial charge in [0.1, 0.15) is 11.1 Å². The molecule has 1 aromatic rings. The van der Waals surface area contributed by atoms with E-state index in [9.17, 15) is 23.5 Å². The van der Waals surface area contributed by atoms with Crippen molar-refractivity contribution in [1.29, 1.82) is 0 Å². The molecule has 1 aliphatic carbocycles. The van der Waals surface area contributed by atoms with Gasteiger partial charge in [-0.05, 0) is 31.7 Å². The fraction of sp³-hybridized carbons (Fsp3) is 0.467. The molecule has 1 aliphatic rings. The SMILES string of the molecule is CC(NC(=O)C(F)(F)C1(O)CCC1)(C(N)=O)c1ccccc1. The summed E-state index contributed by atoms with van der Waals surface area (Å²) in [5, 5.41) is 11.8. The van der Waals surface area contributed by atoms with Gasteiger partial charge in [-0.2, -0.15) is 8.78 Å². The molecule has 0 spiro atoms. The van der Waals surface area contributed by atoms with Crippen LogP contribution in [0.4, 0.5) is 8.78 Å². The quantitative estimate of drug-likeness (QED) is 0.759. The van der Waals surface area contributed by atoms with E-state index in [2.05, 4.69) is 0 Å². The average molecular weight is 312 g/mol. The largest absolute Gasteiger partial charge is 0.383 e. The fourth-order valence-electron chi connectivity index (χ4n) is 2.39. The smallest absolute Gasteiger partial charge is 0.352 e. The van der Waals surface area contributed by atoms with Crippen LogP contribution in [0.25, 0.3) is 0 Å². The molecule has 1 fully saturated rings. The first-order valence-electron chi connectivity index (χ1n) is 6.92. The summed E-state index contributed by atoms with van der Waals surface area (Å²) in [6.07, 6.45) is 0.100. The van der Waals surface area contributed by atoms with Crippen molar-refractivity contribution in [1.82, 2.24) is 5.32 Å². The lowest BCUT2D eigenvalue weighted by molar-refractivity contribution is -0.217. The van der Waals surface area contributed by atoms with Gasteiger partial charge in [0.05, 0.1) is 0 Å². The van der Waals surface area contributed by atoms with Gasteiger partial charge in [0.15, 0.2) is 0 Å². The Hall–Kier alpha value is -2.02. The van der Waals surface area contributed by atoms with E-state index in [0.29, 0.717) is 6.42 Å². The maximum absolute atomic E-state index is 14.1. The number of hydrogen-bond acceptors (Lipinski definition) is 3. The lowest BCUT2D eigenvalue weighted by atomic mass is 9.74. The molecule has 0 heterocycles. The van der Waals surface area contributed by atoms with Gasteiger partial charge in [-0.15, -0.1) is 0 Å². The third-order valence-electron chi connectivity index (χ3n) is 4.26. The number of nitrogens with one attached hydrogen (secondary N) is 1. The number of carbonyl (C=O) groups excluding carboxylic acids is 2. The number of amides is 2. The number of primary amides is 1. The molecule has 120 valence electrons. The normalized spacial score (nSPS) is 19.6. The Morgan fingerprint density at radius 1 is 1.27 bits per heavy atom. The third-order valence-corrected chi connectivity index (χ3v) is 4.26. The first kappa shape index (κ1) is 16.4. The van der Waals surface area contributed by atoms with E-state index >= 15 is 0 Å². The van der Waals surface area contributed by atoms with E-state index in [4.69, 9.17) is 5.73 Å². The van der Waals surface area contributed by atoms with Crippen LogP contribution in [0.1, 0.15) is 31.7 Å². The van der Waals surface area contributed by atoms with Crippen molar-refractivity contribution in [3.05, 3.63) is 35.9 Å². The highest BCUT2D eigenvalue weighted by Crippen LogP contribution is 2.44. The summed E-state index contributed by atoms with van der Waals surface area (Å²) in [7, 11) is 0. The van der Waals surface area contributed by atoms with Gasteiger partial charge < -0.3 is 16.2 Å². The van der Waals surface area contributed by atoms with E-state index in [1.54, 1.807) is 18.2 Å². The monoisotopic (exact) mass is 312 g/mol. The van der Waals surface area contributed by atoms with Gasteiger partial charge >= 0.3 is 5.92 Å². The van der Waals surface area contributed by atoms with Crippen LogP contribution in [0.5, 0.6) is 0 Å². The number of alkyl halides is 2. The number of nitrogens with two attached hydrogens (primary N) is 1. The van der Waals surface area contributed by atoms with Crippen LogP contribution < -0.4 is 11.1 Å². The van der Waals surface area contributed by atoms with Crippen molar-refractivity contribution in [3.8, 4) is 0 Å². The van der Waals surface area contributed by atoms with Crippen LogP contribution in [-0.4, -0.2) is 28.4 Å². The molecule has 5 nitrogen and oxygen atoms in total. The first-order valence-corrected chi connectivity index (χ1v) is 6.92. The predicted molar refractivity (Wildman–Crippen MR) is 74.9 cm³/mol. The van der Waals surface area contributed by atoms with E-state index in [1.165, 1.54) is 19.1 Å². The molecule has 0 aromatic heterocycles. The van der Waals surface area contributed by atoms with Crippen LogP contribution in [0.2, 0.25) is 0 Å². The summed E-state index contributed by atoms with van der Waals surface area (Å²) in [4.78, 5) is 23.7. The Morgan fingerprint density at radius 3 is 2.23 bits per heavy atom. The molecule has 7 heteroatoms. The van der Waals surface area contributed by atoms with Crippen LogP contribution in [0, 0.1) is 0 Å². The lowest BCUT2D eigenvalue weighted by Crippen LogP contribution is -2.64. The zero-order chi connectivity index (χ0) is 16.6. The van der Waals surface area contributed by atoms with Crippen molar-refractivity contribution >= 4 is 11.8 Å². The van der Waals surface area contributed by atoms with E-state index in [0.717, 1.165) is 0 Å². The Bertz CT molecular complexity index is 588. The first-order chi connectivity index (χ1) is 10.1. The number of carbonyl (C=O) groups is 2. The van der Waals surface area contributed by atoms with Gasteiger partial charge in [0.25, 0.3) is 5.91 Å². The molecule has 2 rings (SSSR count). The van der Waals surface area contributed by atoms with Crippen LogP contribution in [-0.2, 0) is 15.1 Å². The Morgan fingerprint density at radius 2 is 1.82 bits per heavy atom. The summed E-state index contributed by atoms with van der Waals surface area (Å²) >= 11 is 0. The molecular formula is C15H18F2N2O3. The Balaban J connectivity index is 2.29. The molecule has 0 saturated heterocycles. The van der Waals surface area contributed by atoms with Gasteiger partial charge in [-0.1, -0.05) is 30.3 Å². The topological polar surface area (TPSA) is 92.4 Å². The van der Waals surface area contributed by atoms with Gasteiger partial charge in [0.2, 0.25) is 5.91 Å². The van der Waals surface area contributed by atoms with E-state index in [1.807, 2.05) is 5.32 Å². The Kier molecular flexibility index (Phi) is 3.95. The van der Waals surface area contributed by atoms with Crippen molar-refractivity contribution in [3.63, 3.8) is 0 Å². The zero-order valence-electron chi connectivity index (χ0n) is 12.1. The van der Waals surface area contributed by atoms with Crippen molar-refractivity contribution in [2.75, 3.05) is 0 Å². The van der Waals surface area contributed by atoms with E-state index in [-0.39, 0.29) is 18.4 Å². The second kappa shape index (κ2) is 5.31. The molecule has 1 atom stereocenters. The number of hydrogen-bond donors (Lipinski definition) is 3. The molecule has 1 saturated carbocycles. The number of rotatable bonds is 5. The van der Waals surface area contributed by atoms with Crippen LogP contribution in [0.3, 0.4) is 0 Å². The van der Waals surface area contributed by atoms with E-state index < -0.39 is 28.9 Å². The van der Waals surface area contributed by atoms with Crippen molar-refractivity contribution in [2.45, 2.75) is 43.2 Å². The zero-order valence-corrected chi connectivity index (χ0v) is 12.1. The summed E-state index contributed by atoms with van der Waals surface area (Å²) in [5.41, 5.74) is 1.43. The summed E-state index contributed by atoms with van der Waals surface area (Å²) in [5.74, 6) is -6.67.